The van der Waals surface area contributed by atoms with Crippen molar-refractivity contribution < 1.29 is 18.7 Å². The zero-order valence-corrected chi connectivity index (χ0v) is 11.7. The molecule has 1 heterocycles. The summed E-state index contributed by atoms with van der Waals surface area (Å²) < 4.78 is 23.6. The Morgan fingerprint density at radius 3 is 3.10 bits per heavy atom. The van der Waals surface area contributed by atoms with Crippen molar-refractivity contribution in [1.29, 1.82) is 0 Å². The summed E-state index contributed by atoms with van der Waals surface area (Å²) in [6.45, 7) is 0. The summed E-state index contributed by atoms with van der Waals surface area (Å²) in [7, 11) is 1.35. The van der Waals surface area contributed by atoms with Crippen molar-refractivity contribution in [2.75, 3.05) is 7.11 Å². The Bertz CT molecular complexity index is 611. The van der Waals surface area contributed by atoms with Crippen molar-refractivity contribution >= 4 is 17.7 Å². The molecule has 3 aliphatic rings. The van der Waals surface area contributed by atoms with Gasteiger partial charge in [-0.15, -0.1) is 11.8 Å². The SMILES string of the molecule is COC(=O)C1=CC2=COC3=C(CCC(F)=C3)SC2C=C1. The van der Waals surface area contributed by atoms with Gasteiger partial charge in [0.05, 0.1) is 24.2 Å². The highest BCUT2D eigenvalue weighted by atomic mass is 32.2. The van der Waals surface area contributed by atoms with E-state index in [2.05, 4.69) is 0 Å². The molecule has 5 heteroatoms. The monoisotopic (exact) mass is 292 g/mol. The number of halogens is 1. The van der Waals surface area contributed by atoms with E-state index in [1.165, 1.54) is 13.2 Å². The number of carbonyl (C=O) groups excluding carboxylic acids is 1. The second kappa shape index (κ2) is 5.32. The van der Waals surface area contributed by atoms with E-state index in [0.29, 0.717) is 24.2 Å². The highest BCUT2D eigenvalue weighted by Crippen LogP contribution is 2.42. The summed E-state index contributed by atoms with van der Waals surface area (Å²) in [6.07, 6.45) is 9.55. The fraction of sp³-hybridized carbons (Fsp3) is 0.267. The molecule has 0 fully saturated rings. The van der Waals surface area contributed by atoms with E-state index in [1.54, 1.807) is 30.2 Å². The predicted molar refractivity (Wildman–Crippen MR) is 75.2 cm³/mol. The van der Waals surface area contributed by atoms with Gasteiger partial charge in [-0.1, -0.05) is 12.2 Å². The maximum Gasteiger partial charge on any atom is 0.337 e. The minimum Gasteiger partial charge on any atom is -0.465 e. The molecular formula is C15H13FO3S. The second-order valence-electron chi connectivity index (χ2n) is 4.60. The predicted octanol–water partition coefficient (Wildman–Crippen LogP) is 3.53. The molecule has 3 nitrogen and oxygen atoms in total. The van der Waals surface area contributed by atoms with Crippen LogP contribution in [0.25, 0.3) is 0 Å². The molecule has 0 N–H and O–H groups in total. The Morgan fingerprint density at radius 1 is 1.45 bits per heavy atom. The van der Waals surface area contributed by atoms with Crippen LogP contribution in [0.4, 0.5) is 4.39 Å². The Morgan fingerprint density at radius 2 is 2.30 bits per heavy atom. The molecule has 3 rings (SSSR count). The number of thioether (sulfide) groups is 1. The number of esters is 1. The molecule has 0 aromatic carbocycles. The van der Waals surface area contributed by atoms with Gasteiger partial charge >= 0.3 is 5.97 Å². The van der Waals surface area contributed by atoms with Crippen LogP contribution in [-0.2, 0) is 14.3 Å². The number of ether oxygens (including phenoxy) is 2. The lowest BCUT2D eigenvalue weighted by Crippen LogP contribution is -2.11. The summed E-state index contributed by atoms with van der Waals surface area (Å²) in [5, 5.41) is 0.0884. The van der Waals surface area contributed by atoms with E-state index in [1.807, 2.05) is 6.08 Å². The highest BCUT2D eigenvalue weighted by molar-refractivity contribution is 8.04. The molecule has 104 valence electrons. The van der Waals surface area contributed by atoms with Crippen LogP contribution < -0.4 is 0 Å². The van der Waals surface area contributed by atoms with Gasteiger partial charge in [-0.05, 0) is 12.5 Å². The molecule has 1 atom stereocenters. The summed E-state index contributed by atoms with van der Waals surface area (Å²) >= 11 is 1.64. The smallest absolute Gasteiger partial charge is 0.337 e. The average Bonchev–Trinajstić information content (AvgIpc) is 2.64. The molecule has 1 unspecified atom stereocenters. The maximum atomic E-state index is 13.3. The molecule has 20 heavy (non-hydrogen) atoms. The molecule has 0 saturated heterocycles. The van der Waals surface area contributed by atoms with Gasteiger partial charge < -0.3 is 9.47 Å². The molecule has 0 amide bonds. The van der Waals surface area contributed by atoms with Gasteiger partial charge in [-0.3, -0.25) is 0 Å². The van der Waals surface area contributed by atoms with E-state index in [0.717, 1.165) is 10.5 Å². The third kappa shape index (κ3) is 2.45. The van der Waals surface area contributed by atoms with Crippen molar-refractivity contribution in [3.05, 3.63) is 58.2 Å². The fourth-order valence-corrected chi connectivity index (χ4v) is 3.38. The van der Waals surface area contributed by atoms with Crippen molar-refractivity contribution in [2.45, 2.75) is 18.1 Å². The lowest BCUT2D eigenvalue weighted by Gasteiger charge is -2.18. The van der Waals surface area contributed by atoms with Crippen molar-refractivity contribution in [2.24, 2.45) is 0 Å². The Labute approximate surface area is 120 Å². The number of rotatable bonds is 1. The van der Waals surface area contributed by atoms with E-state index in [9.17, 15) is 9.18 Å². The van der Waals surface area contributed by atoms with E-state index in [4.69, 9.17) is 9.47 Å². The zero-order chi connectivity index (χ0) is 14.1. The standard InChI is InChI=1S/C15H13FO3S/c1-18-15(17)9-2-4-13-10(6-9)8-19-12-7-11(16)3-5-14(12)20-13/h2,4,6-8,13H,3,5H2,1H3. The van der Waals surface area contributed by atoms with Gasteiger partial charge in [-0.25, -0.2) is 9.18 Å². The summed E-state index contributed by atoms with van der Waals surface area (Å²) in [6, 6.07) is 0. The first kappa shape index (κ1) is 13.2. The summed E-state index contributed by atoms with van der Waals surface area (Å²) in [5.74, 6) is 0.0366. The van der Waals surface area contributed by atoms with E-state index < -0.39 is 0 Å². The Kier molecular flexibility index (Phi) is 3.53. The second-order valence-corrected chi connectivity index (χ2v) is 5.84. The normalized spacial score (nSPS) is 24.5. The lowest BCUT2D eigenvalue weighted by molar-refractivity contribution is -0.135. The molecule has 0 spiro atoms. The topological polar surface area (TPSA) is 35.5 Å². The summed E-state index contributed by atoms with van der Waals surface area (Å²) in [4.78, 5) is 12.6. The number of methoxy groups -OCH3 is 1. The number of hydrogen-bond donors (Lipinski definition) is 0. The largest absolute Gasteiger partial charge is 0.465 e. The zero-order valence-electron chi connectivity index (χ0n) is 10.9. The van der Waals surface area contributed by atoms with Crippen LogP contribution in [-0.4, -0.2) is 18.3 Å². The van der Waals surface area contributed by atoms with Gasteiger partial charge in [0.1, 0.15) is 11.6 Å². The third-order valence-corrected chi connectivity index (χ3v) is 4.64. The fourth-order valence-electron chi connectivity index (χ4n) is 2.22. The van der Waals surface area contributed by atoms with Gasteiger partial charge in [0.25, 0.3) is 0 Å². The Hall–Kier alpha value is -1.75. The molecule has 1 aliphatic heterocycles. The first-order valence-electron chi connectivity index (χ1n) is 6.28. The molecule has 0 radical (unpaired) electrons. The third-order valence-electron chi connectivity index (χ3n) is 3.27. The van der Waals surface area contributed by atoms with Crippen molar-refractivity contribution in [3.63, 3.8) is 0 Å². The average molecular weight is 292 g/mol. The Balaban J connectivity index is 1.88. The molecule has 0 saturated carbocycles. The maximum absolute atomic E-state index is 13.3. The lowest BCUT2D eigenvalue weighted by atomic mass is 10.0. The van der Waals surface area contributed by atoms with Gasteiger partial charge in [0, 0.05) is 23.0 Å². The molecule has 2 aliphatic carbocycles. The van der Waals surface area contributed by atoms with Crippen LogP contribution in [0.2, 0.25) is 0 Å². The molecular weight excluding hydrogens is 279 g/mol. The van der Waals surface area contributed by atoms with Gasteiger partial charge in [0.15, 0.2) is 0 Å². The highest BCUT2D eigenvalue weighted by Gasteiger charge is 2.26. The minimum absolute atomic E-state index is 0.0884. The van der Waals surface area contributed by atoms with Crippen LogP contribution in [0.3, 0.4) is 0 Å². The molecule has 0 aromatic rings. The minimum atomic E-state index is -0.376. The van der Waals surface area contributed by atoms with Crippen LogP contribution in [0.15, 0.2) is 58.2 Å². The molecule has 0 bridgehead atoms. The van der Waals surface area contributed by atoms with Crippen LogP contribution in [0.5, 0.6) is 0 Å². The quantitative estimate of drug-likeness (QED) is 0.693. The van der Waals surface area contributed by atoms with Crippen LogP contribution in [0.1, 0.15) is 12.8 Å². The van der Waals surface area contributed by atoms with Crippen molar-refractivity contribution in [1.82, 2.24) is 0 Å². The van der Waals surface area contributed by atoms with Gasteiger partial charge in [0.2, 0.25) is 0 Å². The number of hydrogen-bond acceptors (Lipinski definition) is 4. The summed E-state index contributed by atoms with van der Waals surface area (Å²) in [5.41, 5.74) is 1.36. The number of carbonyl (C=O) groups is 1. The first-order valence-corrected chi connectivity index (χ1v) is 7.16. The first-order chi connectivity index (χ1) is 9.67. The van der Waals surface area contributed by atoms with Crippen molar-refractivity contribution in [3.8, 4) is 0 Å². The number of allylic oxidation sites excluding steroid dienone is 4. The van der Waals surface area contributed by atoms with Gasteiger partial charge in [-0.2, -0.15) is 0 Å². The molecule has 0 aromatic heterocycles. The van der Waals surface area contributed by atoms with E-state index >= 15 is 0 Å². The number of fused-ring (bicyclic) bond motifs is 1. The van der Waals surface area contributed by atoms with Crippen LogP contribution in [0, 0.1) is 0 Å². The van der Waals surface area contributed by atoms with E-state index in [-0.39, 0.29) is 17.0 Å². The van der Waals surface area contributed by atoms with Crippen LogP contribution >= 0.6 is 11.8 Å².